The molecule has 1 atom stereocenters. The standard InChI is InChI=1S/C28H27NO7S/c1-5-24(29-37(32,33)21-12-6-17(2)7-13-21)28(31)35-25-15-14-22-23(16-26(30)36-27(22)18(25)3)19-8-10-20(34-4)11-9-19/h6-16,24,29H,5H2,1-4H3/t24-/m1/s1. The summed E-state index contributed by atoms with van der Waals surface area (Å²) in [6.45, 7) is 5.20. The number of hydrogen-bond donors (Lipinski definition) is 1. The van der Waals surface area contributed by atoms with Gasteiger partial charge in [0.05, 0.1) is 12.0 Å². The quantitative estimate of drug-likeness (QED) is 0.202. The molecule has 3 aromatic carbocycles. The van der Waals surface area contributed by atoms with Crippen LogP contribution in [0.2, 0.25) is 0 Å². The van der Waals surface area contributed by atoms with Gasteiger partial charge in [-0.3, -0.25) is 0 Å². The third-order valence-corrected chi connectivity index (χ3v) is 7.53. The fourth-order valence-corrected chi connectivity index (χ4v) is 5.18. The molecule has 192 valence electrons. The number of nitrogens with one attached hydrogen (secondary N) is 1. The second-order valence-corrected chi connectivity index (χ2v) is 10.3. The predicted octanol–water partition coefficient (Wildman–Crippen LogP) is 4.75. The Labute approximate surface area is 214 Å². The summed E-state index contributed by atoms with van der Waals surface area (Å²) in [5, 5.41) is 0.661. The van der Waals surface area contributed by atoms with Crippen LogP contribution < -0.4 is 19.8 Å². The van der Waals surface area contributed by atoms with Crippen LogP contribution in [-0.4, -0.2) is 27.5 Å². The second-order valence-electron chi connectivity index (χ2n) is 8.59. The first-order chi connectivity index (χ1) is 17.6. The van der Waals surface area contributed by atoms with Crippen molar-refractivity contribution in [3.05, 3.63) is 88.3 Å². The Balaban J connectivity index is 1.63. The van der Waals surface area contributed by atoms with E-state index in [4.69, 9.17) is 13.9 Å². The van der Waals surface area contributed by atoms with Gasteiger partial charge in [0.15, 0.2) is 0 Å². The summed E-state index contributed by atoms with van der Waals surface area (Å²) in [5.74, 6) is 0.0830. The van der Waals surface area contributed by atoms with Crippen molar-refractivity contribution in [2.24, 2.45) is 0 Å². The minimum Gasteiger partial charge on any atom is -0.497 e. The number of rotatable bonds is 8. The highest BCUT2D eigenvalue weighted by molar-refractivity contribution is 7.89. The lowest BCUT2D eigenvalue weighted by Crippen LogP contribution is -2.42. The summed E-state index contributed by atoms with van der Waals surface area (Å²) in [7, 11) is -2.36. The van der Waals surface area contributed by atoms with E-state index in [9.17, 15) is 18.0 Å². The van der Waals surface area contributed by atoms with Crippen LogP contribution >= 0.6 is 0 Å². The smallest absolute Gasteiger partial charge is 0.336 e. The van der Waals surface area contributed by atoms with Gasteiger partial charge in [-0.15, -0.1) is 0 Å². The van der Waals surface area contributed by atoms with Crippen molar-refractivity contribution in [3.63, 3.8) is 0 Å². The molecule has 8 nitrogen and oxygen atoms in total. The minimum atomic E-state index is -3.94. The number of fused-ring (bicyclic) bond motifs is 1. The second kappa shape index (κ2) is 10.6. The number of benzene rings is 3. The third kappa shape index (κ3) is 5.58. The molecule has 1 heterocycles. The Bertz CT molecular complexity index is 1610. The molecular weight excluding hydrogens is 494 g/mol. The van der Waals surface area contributed by atoms with Crippen molar-refractivity contribution >= 4 is 27.0 Å². The van der Waals surface area contributed by atoms with Gasteiger partial charge in [0.25, 0.3) is 0 Å². The van der Waals surface area contributed by atoms with Gasteiger partial charge in [0, 0.05) is 17.0 Å². The lowest BCUT2D eigenvalue weighted by molar-refractivity contribution is -0.136. The number of methoxy groups -OCH3 is 1. The monoisotopic (exact) mass is 521 g/mol. The highest BCUT2D eigenvalue weighted by Gasteiger charge is 2.27. The largest absolute Gasteiger partial charge is 0.497 e. The van der Waals surface area contributed by atoms with Crippen LogP contribution in [0.15, 0.2) is 80.8 Å². The molecule has 0 unspecified atom stereocenters. The van der Waals surface area contributed by atoms with Gasteiger partial charge in [0.2, 0.25) is 10.0 Å². The zero-order chi connectivity index (χ0) is 26.7. The predicted molar refractivity (Wildman–Crippen MR) is 140 cm³/mol. The first kappa shape index (κ1) is 26.1. The highest BCUT2D eigenvalue weighted by atomic mass is 32.2. The summed E-state index contributed by atoms with van der Waals surface area (Å²) in [4.78, 5) is 25.4. The zero-order valence-electron chi connectivity index (χ0n) is 20.9. The topological polar surface area (TPSA) is 112 Å². The lowest BCUT2D eigenvalue weighted by Gasteiger charge is -2.17. The Morgan fingerprint density at radius 2 is 1.68 bits per heavy atom. The van der Waals surface area contributed by atoms with E-state index in [0.717, 1.165) is 11.1 Å². The first-order valence-corrected chi connectivity index (χ1v) is 13.1. The summed E-state index contributed by atoms with van der Waals surface area (Å²) in [5.41, 5.74) is 2.53. The van der Waals surface area contributed by atoms with E-state index < -0.39 is 27.7 Å². The molecule has 0 saturated carbocycles. The fourth-order valence-electron chi connectivity index (χ4n) is 3.91. The molecule has 9 heteroatoms. The number of esters is 1. The van der Waals surface area contributed by atoms with Gasteiger partial charge in [-0.1, -0.05) is 36.8 Å². The van der Waals surface area contributed by atoms with Gasteiger partial charge in [-0.25, -0.2) is 18.0 Å². The molecule has 0 aliphatic heterocycles. The Hall–Kier alpha value is -3.95. The summed E-state index contributed by atoms with van der Waals surface area (Å²) in [6, 6.07) is 17.2. The number of sulfonamides is 1. The van der Waals surface area contributed by atoms with Crippen molar-refractivity contribution in [2.75, 3.05) is 7.11 Å². The molecule has 4 aromatic rings. The highest BCUT2D eigenvalue weighted by Crippen LogP contribution is 2.34. The molecule has 0 saturated heterocycles. The van der Waals surface area contributed by atoms with Crippen LogP contribution in [0.4, 0.5) is 0 Å². The molecule has 1 aromatic heterocycles. The van der Waals surface area contributed by atoms with Crippen LogP contribution in [0.1, 0.15) is 24.5 Å². The van der Waals surface area contributed by atoms with Crippen molar-refractivity contribution < 1.29 is 27.1 Å². The Morgan fingerprint density at radius 3 is 2.30 bits per heavy atom. The number of carbonyl (C=O) groups is 1. The number of aryl methyl sites for hydroxylation is 2. The first-order valence-electron chi connectivity index (χ1n) is 11.7. The van der Waals surface area contributed by atoms with E-state index in [1.54, 1.807) is 57.4 Å². The number of hydrogen-bond acceptors (Lipinski definition) is 7. The maximum Gasteiger partial charge on any atom is 0.336 e. The number of ether oxygens (including phenoxy) is 2. The van der Waals surface area contributed by atoms with E-state index in [1.165, 1.54) is 18.2 Å². The van der Waals surface area contributed by atoms with Crippen LogP contribution in [0.25, 0.3) is 22.1 Å². The molecule has 37 heavy (non-hydrogen) atoms. The lowest BCUT2D eigenvalue weighted by atomic mass is 10.00. The summed E-state index contributed by atoms with van der Waals surface area (Å²) in [6.07, 6.45) is 0.174. The van der Waals surface area contributed by atoms with Gasteiger partial charge >= 0.3 is 11.6 Å². The van der Waals surface area contributed by atoms with Crippen LogP contribution in [0.5, 0.6) is 11.5 Å². The maximum atomic E-state index is 13.0. The van der Waals surface area contributed by atoms with Crippen molar-refractivity contribution in [1.82, 2.24) is 4.72 Å². The van der Waals surface area contributed by atoms with Gasteiger partial charge < -0.3 is 13.9 Å². The molecular formula is C28H27NO7S. The average Bonchev–Trinajstić information content (AvgIpc) is 2.89. The molecule has 0 amide bonds. The van der Waals surface area contributed by atoms with Crippen molar-refractivity contribution in [2.45, 2.75) is 38.1 Å². The van der Waals surface area contributed by atoms with Gasteiger partial charge in [-0.2, -0.15) is 4.72 Å². The summed E-state index contributed by atoms with van der Waals surface area (Å²) >= 11 is 0. The van der Waals surface area contributed by atoms with Gasteiger partial charge in [-0.05, 0) is 67.8 Å². The Morgan fingerprint density at radius 1 is 1.00 bits per heavy atom. The van der Waals surface area contributed by atoms with E-state index in [2.05, 4.69) is 4.72 Å². The third-order valence-electron chi connectivity index (χ3n) is 6.04. The maximum absolute atomic E-state index is 13.0. The van der Waals surface area contributed by atoms with Crippen LogP contribution in [-0.2, 0) is 14.8 Å². The molecule has 0 aliphatic carbocycles. The SMILES string of the molecule is CC[C@@H](NS(=O)(=O)c1ccc(C)cc1)C(=O)Oc1ccc2c(-c3ccc(OC)cc3)cc(=O)oc2c1C. The normalized spacial score (nSPS) is 12.3. The van der Waals surface area contributed by atoms with E-state index in [0.29, 0.717) is 22.3 Å². The zero-order valence-corrected chi connectivity index (χ0v) is 21.7. The van der Waals surface area contributed by atoms with Gasteiger partial charge in [0.1, 0.15) is 23.1 Å². The molecule has 0 aliphatic rings. The van der Waals surface area contributed by atoms with Crippen LogP contribution in [0.3, 0.4) is 0 Å². The number of carbonyl (C=O) groups excluding carboxylic acids is 1. The molecule has 0 spiro atoms. The minimum absolute atomic E-state index is 0.0547. The molecule has 4 rings (SSSR count). The molecule has 1 N–H and O–H groups in total. The van der Waals surface area contributed by atoms with E-state index in [-0.39, 0.29) is 22.6 Å². The average molecular weight is 522 g/mol. The Kier molecular flexibility index (Phi) is 7.47. The molecule has 0 bridgehead atoms. The fraction of sp³-hybridized carbons (Fsp3) is 0.214. The van der Waals surface area contributed by atoms with E-state index >= 15 is 0 Å². The molecule has 0 fully saturated rings. The van der Waals surface area contributed by atoms with Crippen LogP contribution in [0, 0.1) is 13.8 Å². The van der Waals surface area contributed by atoms with E-state index in [1.807, 2.05) is 19.1 Å². The van der Waals surface area contributed by atoms with Crippen molar-refractivity contribution in [1.29, 1.82) is 0 Å². The molecule has 0 radical (unpaired) electrons. The summed E-state index contributed by atoms with van der Waals surface area (Å²) < 4.78 is 44.2. The van der Waals surface area contributed by atoms with Crippen molar-refractivity contribution in [3.8, 4) is 22.6 Å².